The first-order valence-corrected chi connectivity index (χ1v) is 15.0. The van der Waals surface area contributed by atoms with E-state index in [4.69, 9.17) is 14.8 Å². The highest BCUT2D eigenvalue weighted by Crippen LogP contribution is 2.33. The van der Waals surface area contributed by atoms with Crippen molar-refractivity contribution in [3.63, 3.8) is 0 Å². The second-order valence-electron chi connectivity index (χ2n) is 9.69. The fraction of sp³-hybridized carbons (Fsp3) is 0.393. The first-order chi connectivity index (χ1) is 19.4. The molecule has 0 unspecified atom stereocenters. The van der Waals surface area contributed by atoms with Gasteiger partial charge in [0.1, 0.15) is 5.75 Å². The quantitative estimate of drug-likeness (QED) is 0.170. The summed E-state index contributed by atoms with van der Waals surface area (Å²) >= 11 is 4.89. The summed E-state index contributed by atoms with van der Waals surface area (Å²) < 4.78 is 12.0. The smallest absolute Gasteiger partial charge is 0.410 e. The fourth-order valence-electron chi connectivity index (χ4n) is 4.12. The van der Waals surface area contributed by atoms with E-state index >= 15 is 0 Å². The highest BCUT2D eigenvalue weighted by Gasteiger charge is 2.19. The van der Waals surface area contributed by atoms with Gasteiger partial charge in [-0.2, -0.15) is 5.10 Å². The average Bonchev–Trinajstić information content (AvgIpc) is 3.58. The molecule has 4 rings (SSSR count). The summed E-state index contributed by atoms with van der Waals surface area (Å²) in [6.45, 7) is 4.30. The number of hydrogen-bond acceptors (Lipinski definition) is 8. The van der Waals surface area contributed by atoms with Crippen molar-refractivity contribution in [2.45, 2.75) is 45.6 Å². The number of anilines is 1. The van der Waals surface area contributed by atoms with Crippen molar-refractivity contribution in [3.05, 3.63) is 51.9 Å². The number of aryl methyl sites for hydroxylation is 1. The topological polar surface area (TPSA) is 114 Å². The van der Waals surface area contributed by atoms with Crippen molar-refractivity contribution in [1.29, 1.82) is 0 Å². The number of unbranched alkanes of at least 4 members (excludes halogenated alkanes) is 3. The molecule has 3 aromatic heterocycles. The standard InChI is InChI=1S/C28H34BrN7O3S/c1-4-5-6-7-15-36-26-22(25(34-36)33-27(37)20-17-31-40-18-20)16-23(29)24(32-26)19-9-11-21(12-10-19)39-28(38)30-13-8-14-35(2)3/h9-12,16-18H,4-8,13-15H2,1-3H3,(H,30,38)(H,33,34,37). The molecule has 0 bridgehead atoms. The lowest BCUT2D eigenvalue weighted by atomic mass is 10.1. The van der Waals surface area contributed by atoms with Gasteiger partial charge in [0.25, 0.3) is 5.91 Å². The molecule has 3 heterocycles. The van der Waals surface area contributed by atoms with E-state index in [0.717, 1.165) is 59.8 Å². The number of ether oxygens (including phenoxy) is 1. The van der Waals surface area contributed by atoms with Gasteiger partial charge in [0.05, 0.1) is 22.8 Å². The molecular formula is C28H34BrN7O3S. The summed E-state index contributed by atoms with van der Waals surface area (Å²) in [4.78, 5) is 31.9. The monoisotopic (exact) mass is 627 g/mol. The minimum absolute atomic E-state index is 0.260. The number of carbonyl (C=O) groups excluding carboxylic acids is 2. The molecule has 0 radical (unpaired) electrons. The number of carbonyl (C=O) groups is 2. The number of hydrogen-bond donors (Lipinski definition) is 2. The zero-order valence-corrected chi connectivity index (χ0v) is 25.3. The zero-order chi connectivity index (χ0) is 28.5. The van der Waals surface area contributed by atoms with Crippen LogP contribution in [0.3, 0.4) is 0 Å². The highest BCUT2D eigenvalue weighted by atomic mass is 79.9. The van der Waals surface area contributed by atoms with Gasteiger partial charge in [-0.1, -0.05) is 26.2 Å². The van der Waals surface area contributed by atoms with Gasteiger partial charge >= 0.3 is 6.09 Å². The van der Waals surface area contributed by atoms with Crippen molar-refractivity contribution in [2.24, 2.45) is 0 Å². The van der Waals surface area contributed by atoms with Crippen LogP contribution in [0.15, 0.2) is 46.4 Å². The molecule has 2 amide bonds. The van der Waals surface area contributed by atoms with Crippen LogP contribution in [0, 0.1) is 0 Å². The molecule has 0 saturated heterocycles. The summed E-state index contributed by atoms with van der Waals surface area (Å²) in [6.07, 6.45) is 6.25. The number of nitrogens with zero attached hydrogens (tertiary/aromatic N) is 5. The van der Waals surface area contributed by atoms with Crippen LogP contribution in [-0.2, 0) is 6.54 Å². The van der Waals surface area contributed by atoms with Gasteiger partial charge in [0.2, 0.25) is 0 Å². The third kappa shape index (κ3) is 7.86. The number of fused-ring (bicyclic) bond motifs is 1. The fourth-order valence-corrected chi connectivity index (χ4v) is 5.18. The number of amides is 2. The van der Waals surface area contributed by atoms with E-state index in [-0.39, 0.29) is 5.91 Å². The predicted molar refractivity (Wildman–Crippen MR) is 162 cm³/mol. The van der Waals surface area contributed by atoms with Gasteiger partial charge in [-0.15, -0.1) is 0 Å². The third-order valence-corrected chi connectivity index (χ3v) is 7.41. The summed E-state index contributed by atoms with van der Waals surface area (Å²) in [7, 11) is 3.99. The van der Waals surface area contributed by atoms with E-state index in [1.165, 1.54) is 11.5 Å². The van der Waals surface area contributed by atoms with Crippen molar-refractivity contribution >= 4 is 56.3 Å². The summed E-state index contributed by atoms with van der Waals surface area (Å²) in [5.41, 5.74) is 2.75. The molecule has 0 fully saturated rings. The van der Waals surface area contributed by atoms with Crippen LogP contribution in [0.4, 0.5) is 10.6 Å². The highest BCUT2D eigenvalue weighted by molar-refractivity contribution is 9.10. The van der Waals surface area contributed by atoms with E-state index < -0.39 is 6.09 Å². The number of halogens is 1. The molecule has 2 N–H and O–H groups in total. The molecule has 0 atom stereocenters. The summed E-state index contributed by atoms with van der Waals surface area (Å²) in [5.74, 6) is 0.644. The Bertz CT molecular complexity index is 1420. The Labute approximate surface area is 246 Å². The molecule has 40 heavy (non-hydrogen) atoms. The molecule has 0 aliphatic carbocycles. The van der Waals surface area contributed by atoms with Crippen LogP contribution in [0.25, 0.3) is 22.3 Å². The number of benzene rings is 1. The lowest BCUT2D eigenvalue weighted by Crippen LogP contribution is -2.29. The normalized spacial score (nSPS) is 11.2. The van der Waals surface area contributed by atoms with Gasteiger partial charge in [0.15, 0.2) is 11.5 Å². The Balaban J connectivity index is 1.54. The van der Waals surface area contributed by atoms with Crippen LogP contribution in [0.2, 0.25) is 0 Å². The molecular weight excluding hydrogens is 594 g/mol. The minimum atomic E-state index is -0.480. The largest absolute Gasteiger partial charge is 0.412 e. The SMILES string of the molecule is CCCCCCn1nc(NC(=O)c2cnsc2)c2cc(Br)c(-c3ccc(OC(=O)NCCCN(C)C)cc3)nc21. The zero-order valence-electron chi connectivity index (χ0n) is 22.9. The first-order valence-electron chi connectivity index (χ1n) is 13.3. The van der Waals surface area contributed by atoms with Crippen LogP contribution >= 0.6 is 27.5 Å². The average molecular weight is 629 g/mol. The van der Waals surface area contributed by atoms with Crippen LogP contribution in [0.1, 0.15) is 49.4 Å². The van der Waals surface area contributed by atoms with Crippen LogP contribution in [0.5, 0.6) is 5.75 Å². The molecule has 10 nitrogen and oxygen atoms in total. The molecule has 12 heteroatoms. The molecule has 212 valence electrons. The van der Waals surface area contributed by atoms with E-state index in [1.807, 2.05) is 37.0 Å². The molecule has 0 aliphatic rings. The Morgan fingerprint density at radius 3 is 2.62 bits per heavy atom. The van der Waals surface area contributed by atoms with Crippen LogP contribution in [-0.4, -0.2) is 63.2 Å². The van der Waals surface area contributed by atoms with E-state index in [9.17, 15) is 9.59 Å². The molecule has 4 aromatic rings. The second kappa shape index (κ2) is 14.3. The van der Waals surface area contributed by atoms with Gasteiger partial charge in [-0.3, -0.25) is 4.79 Å². The Morgan fingerprint density at radius 2 is 1.93 bits per heavy atom. The molecule has 0 saturated carbocycles. The predicted octanol–water partition coefficient (Wildman–Crippen LogP) is 6.19. The maximum atomic E-state index is 12.7. The first kappa shape index (κ1) is 29.6. The van der Waals surface area contributed by atoms with E-state index in [1.54, 1.807) is 23.7 Å². The number of pyridine rings is 1. The van der Waals surface area contributed by atoms with Gasteiger partial charge in [-0.25, -0.2) is 18.8 Å². The van der Waals surface area contributed by atoms with Crippen molar-refractivity contribution < 1.29 is 14.3 Å². The molecule has 1 aromatic carbocycles. The maximum Gasteiger partial charge on any atom is 0.412 e. The Kier molecular flexibility index (Phi) is 10.6. The lowest BCUT2D eigenvalue weighted by Gasteiger charge is -2.11. The van der Waals surface area contributed by atoms with Crippen molar-refractivity contribution in [3.8, 4) is 17.0 Å². The summed E-state index contributed by atoms with van der Waals surface area (Å²) in [6, 6.07) is 9.15. The molecule has 0 aliphatic heterocycles. The van der Waals surface area contributed by atoms with Gasteiger partial charge in [-0.05, 0) is 91.3 Å². The second-order valence-corrected chi connectivity index (χ2v) is 11.2. The number of nitrogens with one attached hydrogen (secondary N) is 2. The van der Waals surface area contributed by atoms with E-state index in [2.05, 4.69) is 42.8 Å². The van der Waals surface area contributed by atoms with Crippen molar-refractivity contribution in [2.75, 3.05) is 32.5 Å². The summed E-state index contributed by atoms with van der Waals surface area (Å²) in [5, 5.41) is 12.9. The Hall–Kier alpha value is -3.35. The maximum absolute atomic E-state index is 12.7. The van der Waals surface area contributed by atoms with Gasteiger partial charge < -0.3 is 20.3 Å². The third-order valence-electron chi connectivity index (χ3n) is 6.22. The minimum Gasteiger partial charge on any atom is -0.410 e. The van der Waals surface area contributed by atoms with Crippen LogP contribution < -0.4 is 15.4 Å². The van der Waals surface area contributed by atoms with Crippen molar-refractivity contribution in [1.82, 2.24) is 29.4 Å². The molecule has 0 spiro atoms. The lowest BCUT2D eigenvalue weighted by molar-refractivity contribution is 0.102. The number of aromatic nitrogens is 4. The van der Waals surface area contributed by atoms with Gasteiger partial charge in [0, 0.05) is 28.5 Å². The number of rotatable bonds is 13. The Morgan fingerprint density at radius 1 is 1.12 bits per heavy atom. The van der Waals surface area contributed by atoms with E-state index in [0.29, 0.717) is 35.9 Å².